The van der Waals surface area contributed by atoms with E-state index < -0.39 is 0 Å². The summed E-state index contributed by atoms with van der Waals surface area (Å²) >= 11 is 2.05. The summed E-state index contributed by atoms with van der Waals surface area (Å²) in [5.41, 5.74) is 0. The first-order chi connectivity index (χ1) is 5.74. The maximum Gasteiger partial charge on any atom is 0.197 e. The molecule has 1 heterocycles. The van der Waals surface area contributed by atoms with Gasteiger partial charge >= 0.3 is 0 Å². The van der Waals surface area contributed by atoms with E-state index in [4.69, 9.17) is 4.74 Å². The maximum atomic E-state index is 10.8. The van der Waals surface area contributed by atoms with E-state index in [9.17, 15) is 5.21 Å². The highest BCUT2D eigenvalue weighted by atomic mass is 127. The first-order valence-electron chi connectivity index (χ1n) is 3.36. The number of nitrogens with zero attached hydrogens (tertiary/aromatic N) is 1. The van der Waals surface area contributed by atoms with E-state index in [0.29, 0.717) is 12.4 Å². The molecule has 0 saturated heterocycles. The predicted molar refractivity (Wildman–Crippen MR) is 53.8 cm³/mol. The Morgan fingerprint density at radius 1 is 1.75 bits per heavy atom. The summed E-state index contributed by atoms with van der Waals surface area (Å²) in [5, 5.41) is 10.8. The molecule has 1 rings (SSSR count). The van der Waals surface area contributed by atoms with Crippen LogP contribution in [0.1, 0.15) is 0 Å². The van der Waals surface area contributed by atoms with Crippen molar-refractivity contribution < 1.29 is 9.47 Å². The van der Waals surface area contributed by atoms with Crippen molar-refractivity contribution in [3.05, 3.63) is 39.9 Å². The molecular formula is C8H8INO2. The van der Waals surface area contributed by atoms with Crippen molar-refractivity contribution in [1.29, 1.82) is 0 Å². The van der Waals surface area contributed by atoms with Gasteiger partial charge < -0.3 is 9.94 Å². The molecular weight excluding hydrogens is 269 g/mol. The van der Waals surface area contributed by atoms with E-state index in [0.717, 1.165) is 8.30 Å². The van der Waals surface area contributed by atoms with Gasteiger partial charge in [-0.15, -0.1) is 0 Å². The van der Waals surface area contributed by atoms with Gasteiger partial charge in [0.05, 0.1) is 0 Å². The number of pyridine rings is 1. The molecule has 0 aliphatic heterocycles. The van der Waals surface area contributed by atoms with Crippen molar-refractivity contribution in [1.82, 2.24) is 0 Å². The summed E-state index contributed by atoms with van der Waals surface area (Å²) in [6, 6.07) is 1.64. The van der Waals surface area contributed by atoms with Gasteiger partial charge in [-0.3, -0.25) is 0 Å². The number of ether oxygens (including phenoxy) is 1. The van der Waals surface area contributed by atoms with Gasteiger partial charge in [0.2, 0.25) is 0 Å². The molecule has 0 aliphatic carbocycles. The van der Waals surface area contributed by atoms with Crippen molar-refractivity contribution in [2.45, 2.75) is 0 Å². The maximum absolute atomic E-state index is 10.8. The molecule has 0 unspecified atom stereocenters. The molecule has 0 radical (unpaired) electrons. The normalized spacial score (nSPS) is 9.42. The molecule has 4 heteroatoms. The Balaban J connectivity index is 2.78. The highest BCUT2D eigenvalue weighted by Gasteiger charge is 2.02. The molecule has 0 spiro atoms. The third-order valence-electron chi connectivity index (χ3n) is 1.21. The lowest BCUT2D eigenvalue weighted by Crippen LogP contribution is -2.24. The third-order valence-corrected chi connectivity index (χ3v) is 2.02. The van der Waals surface area contributed by atoms with Crippen LogP contribution in [0.3, 0.4) is 0 Å². The minimum absolute atomic E-state index is 0.457. The first-order valence-corrected chi connectivity index (χ1v) is 4.44. The highest BCUT2D eigenvalue weighted by Crippen LogP contribution is 2.17. The number of halogens is 1. The molecule has 0 saturated carbocycles. The molecule has 12 heavy (non-hydrogen) atoms. The molecule has 1 aromatic rings. The summed E-state index contributed by atoms with van der Waals surface area (Å²) in [4.78, 5) is 0. The van der Waals surface area contributed by atoms with Crippen LogP contribution in [0.15, 0.2) is 31.1 Å². The number of hydrogen-bond donors (Lipinski definition) is 0. The molecule has 0 atom stereocenters. The average Bonchev–Trinajstić information content (AvgIpc) is 2.03. The van der Waals surface area contributed by atoms with Crippen LogP contribution in [0.25, 0.3) is 0 Å². The monoisotopic (exact) mass is 277 g/mol. The summed E-state index contributed by atoms with van der Waals surface area (Å²) in [7, 11) is 0. The van der Waals surface area contributed by atoms with Gasteiger partial charge in [0.15, 0.2) is 12.4 Å². The summed E-state index contributed by atoms with van der Waals surface area (Å²) in [6.07, 6.45) is 4.52. The molecule has 0 aromatic carbocycles. The quantitative estimate of drug-likeness (QED) is 0.363. The van der Waals surface area contributed by atoms with Gasteiger partial charge in [0.1, 0.15) is 15.9 Å². The Bertz CT molecular complexity index is 288. The Labute approximate surface area is 84.4 Å². The molecule has 0 fully saturated rings. The van der Waals surface area contributed by atoms with Gasteiger partial charge in [0, 0.05) is 6.07 Å². The lowest BCUT2D eigenvalue weighted by Gasteiger charge is -2.04. The van der Waals surface area contributed by atoms with Crippen LogP contribution in [0.5, 0.6) is 5.75 Å². The van der Waals surface area contributed by atoms with E-state index in [2.05, 4.69) is 6.58 Å². The smallest absolute Gasteiger partial charge is 0.197 e. The van der Waals surface area contributed by atoms with Crippen LogP contribution in [0, 0.1) is 8.78 Å². The second-order valence-electron chi connectivity index (χ2n) is 2.12. The SMILES string of the molecule is C=CCOc1cc[n+]([O-])cc1I. The summed E-state index contributed by atoms with van der Waals surface area (Å²) in [5.74, 6) is 0.711. The topological polar surface area (TPSA) is 36.2 Å². The van der Waals surface area contributed by atoms with Crippen molar-refractivity contribution in [3.63, 3.8) is 0 Å². The molecule has 0 aliphatic rings. The third kappa shape index (κ3) is 2.37. The molecule has 1 aromatic heterocycles. The highest BCUT2D eigenvalue weighted by molar-refractivity contribution is 14.1. The molecule has 3 nitrogen and oxygen atoms in total. The van der Waals surface area contributed by atoms with Crippen LogP contribution in [-0.2, 0) is 0 Å². The summed E-state index contributed by atoms with van der Waals surface area (Å²) in [6.45, 7) is 3.99. The average molecular weight is 277 g/mol. The van der Waals surface area contributed by atoms with Gasteiger partial charge in [-0.2, -0.15) is 4.73 Å². The van der Waals surface area contributed by atoms with Crippen LogP contribution in [0.4, 0.5) is 0 Å². The Morgan fingerprint density at radius 3 is 3.08 bits per heavy atom. The fraction of sp³-hybridized carbons (Fsp3) is 0.125. The van der Waals surface area contributed by atoms with E-state index in [1.54, 1.807) is 12.1 Å². The van der Waals surface area contributed by atoms with E-state index in [-0.39, 0.29) is 0 Å². The Hall–Kier alpha value is -0.780. The first kappa shape index (κ1) is 9.31. The molecule has 0 amide bonds. The van der Waals surface area contributed by atoms with Crippen molar-refractivity contribution in [3.8, 4) is 5.75 Å². The zero-order valence-electron chi connectivity index (χ0n) is 6.37. The number of rotatable bonds is 3. The van der Waals surface area contributed by atoms with Crippen molar-refractivity contribution >= 4 is 22.6 Å². The van der Waals surface area contributed by atoms with Gasteiger partial charge in [-0.05, 0) is 22.6 Å². The number of aromatic nitrogens is 1. The lowest BCUT2D eigenvalue weighted by molar-refractivity contribution is -0.606. The molecule has 64 valence electrons. The minimum atomic E-state index is 0.457. The molecule has 0 N–H and O–H groups in total. The van der Waals surface area contributed by atoms with Crippen LogP contribution < -0.4 is 9.47 Å². The van der Waals surface area contributed by atoms with Crippen molar-refractivity contribution in [2.24, 2.45) is 0 Å². The zero-order chi connectivity index (χ0) is 8.97. The standard InChI is InChI=1S/C8H8INO2/c1-2-5-12-8-3-4-10(11)6-7(8)9/h2-4,6H,1,5H2. The minimum Gasteiger partial charge on any atom is -0.619 e. The van der Waals surface area contributed by atoms with Crippen molar-refractivity contribution in [2.75, 3.05) is 6.61 Å². The fourth-order valence-corrected chi connectivity index (χ4v) is 1.31. The fourth-order valence-electron chi connectivity index (χ4n) is 0.705. The second-order valence-corrected chi connectivity index (χ2v) is 3.28. The zero-order valence-corrected chi connectivity index (χ0v) is 8.52. The number of hydrogen-bond acceptors (Lipinski definition) is 2. The van der Waals surface area contributed by atoms with E-state index in [1.165, 1.54) is 12.4 Å². The Morgan fingerprint density at radius 2 is 2.50 bits per heavy atom. The van der Waals surface area contributed by atoms with Crippen LogP contribution in [0.2, 0.25) is 0 Å². The second kappa shape index (κ2) is 4.30. The Kier molecular flexibility index (Phi) is 3.33. The largest absolute Gasteiger partial charge is 0.619 e. The summed E-state index contributed by atoms with van der Waals surface area (Å²) < 4.78 is 6.80. The van der Waals surface area contributed by atoms with E-state index >= 15 is 0 Å². The van der Waals surface area contributed by atoms with Crippen LogP contribution >= 0.6 is 22.6 Å². The lowest BCUT2D eigenvalue weighted by atomic mass is 10.4. The van der Waals surface area contributed by atoms with E-state index in [1.807, 2.05) is 22.6 Å². The van der Waals surface area contributed by atoms with Crippen LogP contribution in [-0.4, -0.2) is 6.61 Å². The predicted octanol–water partition coefficient (Wildman–Crippen LogP) is 1.49. The van der Waals surface area contributed by atoms with Gasteiger partial charge in [-0.25, -0.2) is 0 Å². The molecule has 0 bridgehead atoms. The van der Waals surface area contributed by atoms with Gasteiger partial charge in [-0.1, -0.05) is 12.7 Å². The van der Waals surface area contributed by atoms with Gasteiger partial charge in [0.25, 0.3) is 0 Å².